The number of fused-ring (bicyclic) bond motifs is 3. The summed E-state index contributed by atoms with van der Waals surface area (Å²) < 4.78 is 137. The zero-order valence-electron chi connectivity index (χ0n) is 22.5. The van der Waals surface area contributed by atoms with E-state index in [1.807, 2.05) is 0 Å². The van der Waals surface area contributed by atoms with E-state index >= 15 is 0 Å². The zero-order chi connectivity index (χ0) is 31.8. The summed E-state index contributed by atoms with van der Waals surface area (Å²) >= 11 is 0. The molecule has 0 aromatic heterocycles. The van der Waals surface area contributed by atoms with Gasteiger partial charge >= 0.3 is 18.0 Å². The van der Waals surface area contributed by atoms with Gasteiger partial charge in [0.25, 0.3) is 0 Å². The lowest BCUT2D eigenvalue weighted by atomic mass is 9.72. The van der Waals surface area contributed by atoms with Gasteiger partial charge in [-0.25, -0.2) is 17.2 Å². The molecule has 1 saturated heterocycles. The number of aryl methyl sites for hydroxylation is 1. The van der Waals surface area contributed by atoms with Crippen LogP contribution >= 0.6 is 0 Å². The van der Waals surface area contributed by atoms with Crippen molar-refractivity contribution in [3.05, 3.63) is 65.0 Å². The second-order valence-corrected chi connectivity index (χ2v) is 13.6. The highest BCUT2D eigenvalue weighted by atomic mass is 32.2. The highest BCUT2D eigenvalue weighted by molar-refractivity contribution is 7.92. The summed E-state index contributed by atoms with van der Waals surface area (Å²) in [5.41, 5.74) is -7.82. The van der Waals surface area contributed by atoms with Gasteiger partial charge in [0.15, 0.2) is 9.84 Å². The first-order valence-electron chi connectivity index (χ1n) is 13.4. The number of nitrogens with one attached hydrogen (secondary N) is 1. The average molecular weight is 639 g/mol. The Hall–Kier alpha value is -3.23. The molecular weight excluding hydrogens is 612 g/mol. The standard InChI is InChI=1S/C28H26F8N2O4S/c1-15-13-38(14-23(39)37-15)24(40)20-10-11-25(43(41,42)19-6-4-18(29)5-7-19)21-9-3-17(12-16(21)2-8-22(20)25)26(30,27(31,32)33)28(34,35)36/h3-7,9,12,15,20,22H,2,8,10-11,13-14H2,1H3,(H,37,39)/t15?,20-,22+,25-/m1/s1. The van der Waals surface area contributed by atoms with Crippen molar-refractivity contribution in [2.45, 2.75) is 66.3 Å². The van der Waals surface area contributed by atoms with Gasteiger partial charge in [0, 0.05) is 24.1 Å². The minimum atomic E-state index is -6.36. The Kier molecular flexibility index (Phi) is 7.37. The van der Waals surface area contributed by atoms with Crippen molar-refractivity contribution in [2.24, 2.45) is 11.8 Å². The monoisotopic (exact) mass is 638 g/mol. The Morgan fingerprint density at radius 3 is 2.19 bits per heavy atom. The molecule has 234 valence electrons. The lowest BCUT2D eigenvalue weighted by molar-refractivity contribution is -0.348. The number of hydrogen-bond donors (Lipinski definition) is 1. The molecule has 0 radical (unpaired) electrons. The van der Waals surface area contributed by atoms with Gasteiger partial charge in [-0.2, -0.15) is 26.3 Å². The van der Waals surface area contributed by atoms with Crippen LogP contribution in [0, 0.1) is 17.7 Å². The third-order valence-corrected chi connectivity index (χ3v) is 11.4. The minimum Gasteiger partial charge on any atom is -0.350 e. The molecule has 5 rings (SSSR count). The number of piperazine rings is 1. The molecular formula is C28H26F8N2O4S. The molecule has 0 spiro atoms. The number of nitrogens with zero attached hydrogens (tertiary/aromatic N) is 1. The number of rotatable bonds is 4. The molecule has 2 aromatic carbocycles. The summed E-state index contributed by atoms with van der Waals surface area (Å²) in [6.07, 6.45) is -13.4. The van der Waals surface area contributed by atoms with Crippen molar-refractivity contribution in [1.29, 1.82) is 0 Å². The van der Waals surface area contributed by atoms with Gasteiger partial charge in [-0.05, 0) is 73.9 Å². The second kappa shape index (κ2) is 10.2. The molecule has 2 aromatic rings. The van der Waals surface area contributed by atoms with Crippen LogP contribution in [-0.4, -0.2) is 56.6 Å². The fourth-order valence-corrected chi connectivity index (χ4v) is 9.48. The summed E-state index contributed by atoms with van der Waals surface area (Å²) in [5.74, 6) is -3.61. The molecule has 6 nitrogen and oxygen atoms in total. The van der Waals surface area contributed by atoms with Crippen LogP contribution in [0.2, 0.25) is 0 Å². The number of hydrogen-bond acceptors (Lipinski definition) is 4. The van der Waals surface area contributed by atoms with E-state index in [9.17, 15) is 53.1 Å². The SMILES string of the molecule is CC1CN(C(=O)[C@@H]2CC[C@@]3(S(=O)(=O)c4ccc(F)cc4)c4ccc(C(F)(C(F)(F)F)C(F)(F)F)cc4CC[C@@H]23)CC(=O)N1. The highest BCUT2D eigenvalue weighted by Gasteiger charge is 2.74. The van der Waals surface area contributed by atoms with Crippen LogP contribution < -0.4 is 5.32 Å². The van der Waals surface area contributed by atoms with Crippen molar-refractivity contribution in [1.82, 2.24) is 10.2 Å². The molecule has 1 heterocycles. The Balaban J connectivity index is 1.67. The average Bonchev–Trinajstić information content (AvgIpc) is 3.32. The van der Waals surface area contributed by atoms with Crippen LogP contribution in [0.5, 0.6) is 0 Å². The molecule has 0 bridgehead atoms. The van der Waals surface area contributed by atoms with Crippen LogP contribution in [-0.2, 0) is 36.3 Å². The molecule has 1 unspecified atom stereocenters. The second-order valence-electron chi connectivity index (χ2n) is 11.4. The largest absolute Gasteiger partial charge is 0.435 e. The van der Waals surface area contributed by atoms with Crippen LogP contribution in [0.4, 0.5) is 35.1 Å². The molecule has 4 atom stereocenters. The third kappa shape index (κ3) is 4.69. The van der Waals surface area contributed by atoms with E-state index in [2.05, 4.69) is 5.32 Å². The van der Waals surface area contributed by atoms with Gasteiger partial charge < -0.3 is 10.2 Å². The summed E-state index contributed by atoms with van der Waals surface area (Å²) in [6.45, 7) is 1.56. The van der Waals surface area contributed by atoms with Crippen molar-refractivity contribution >= 4 is 21.7 Å². The first-order chi connectivity index (χ1) is 19.8. The van der Waals surface area contributed by atoms with E-state index in [1.54, 1.807) is 6.92 Å². The minimum absolute atomic E-state index is 0.0181. The van der Waals surface area contributed by atoms with Crippen LogP contribution in [0.25, 0.3) is 0 Å². The number of sulfone groups is 1. The number of carbonyl (C=O) groups is 2. The molecule has 2 aliphatic carbocycles. The lowest BCUT2D eigenvalue weighted by Crippen LogP contribution is -2.56. The number of carbonyl (C=O) groups excluding carboxylic acids is 2. The van der Waals surface area contributed by atoms with Crippen LogP contribution in [0.15, 0.2) is 47.4 Å². The topological polar surface area (TPSA) is 83.6 Å². The van der Waals surface area contributed by atoms with E-state index in [1.165, 1.54) is 4.90 Å². The normalized spacial score (nSPS) is 26.5. The maximum atomic E-state index is 15.0. The summed E-state index contributed by atoms with van der Waals surface area (Å²) in [4.78, 5) is 26.8. The Bertz CT molecular complexity index is 1540. The smallest absolute Gasteiger partial charge is 0.350 e. The van der Waals surface area contributed by atoms with Crippen molar-refractivity contribution in [3.63, 3.8) is 0 Å². The number of benzene rings is 2. The zero-order valence-corrected chi connectivity index (χ0v) is 23.3. The molecule has 2 amide bonds. The lowest BCUT2D eigenvalue weighted by Gasteiger charge is -2.43. The fraction of sp³-hybridized carbons (Fsp3) is 0.500. The van der Waals surface area contributed by atoms with Gasteiger partial charge in [-0.3, -0.25) is 9.59 Å². The molecule has 3 aliphatic rings. The number of alkyl halides is 7. The number of amides is 2. The molecule has 1 saturated carbocycles. The maximum absolute atomic E-state index is 15.0. The fourth-order valence-electron chi connectivity index (χ4n) is 7.01. The maximum Gasteiger partial charge on any atom is 0.435 e. The Morgan fingerprint density at radius 2 is 1.60 bits per heavy atom. The molecule has 1 aliphatic heterocycles. The summed E-state index contributed by atoms with van der Waals surface area (Å²) in [7, 11) is -4.57. The first-order valence-corrected chi connectivity index (χ1v) is 14.9. The predicted octanol–water partition coefficient (Wildman–Crippen LogP) is 5.10. The van der Waals surface area contributed by atoms with Crippen molar-refractivity contribution in [2.75, 3.05) is 13.1 Å². The third-order valence-electron chi connectivity index (χ3n) is 8.84. The predicted molar refractivity (Wildman–Crippen MR) is 135 cm³/mol. The molecule has 43 heavy (non-hydrogen) atoms. The summed E-state index contributed by atoms with van der Waals surface area (Å²) in [5, 5.41) is 2.67. The van der Waals surface area contributed by atoms with Gasteiger partial charge in [-0.15, -0.1) is 0 Å². The molecule has 1 N–H and O–H groups in total. The Labute approximate surface area is 241 Å². The molecule has 15 heteroatoms. The van der Waals surface area contributed by atoms with Gasteiger partial charge in [-0.1, -0.05) is 18.2 Å². The molecule has 2 fully saturated rings. The van der Waals surface area contributed by atoms with E-state index in [-0.39, 0.29) is 66.9 Å². The van der Waals surface area contributed by atoms with Gasteiger partial charge in [0.2, 0.25) is 11.8 Å². The quantitative estimate of drug-likeness (QED) is 0.373. The van der Waals surface area contributed by atoms with E-state index in [0.717, 1.165) is 30.3 Å². The highest BCUT2D eigenvalue weighted by Crippen LogP contribution is 2.61. The summed E-state index contributed by atoms with van der Waals surface area (Å²) in [6, 6.07) is 4.84. The Morgan fingerprint density at radius 1 is 0.977 bits per heavy atom. The van der Waals surface area contributed by atoms with E-state index in [4.69, 9.17) is 0 Å². The van der Waals surface area contributed by atoms with Gasteiger partial charge in [0.05, 0.1) is 11.4 Å². The first kappa shape index (κ1) is 31.2. The number of halogens is 8. The van der Waals surface area contributed by atoms with Crippen LogP contribution in [0.3, 0.4) is 0 Å². The van der Waals surface area contributed by atoms with Gasteiger partial charge in [0.1, 0.15) is 10.6 Å². The van der Waals surface area contributed by atoms with E-state index < -0.39 is 67.6 Å². The van der Waals surface area contributed by atoms with Crippen molar-refractivity contribution in [3.8, 4) is 0 Å². The van der Waals surface area contributed by atoms with Crippen molar-refractivity contribution < 1.29 is 53.1 Å². The van der Waals surface area contributed by atoms with Crippen LogP contribution in [0.1, 0.15) is 42.9 Å². The van der Waals surface area contributed by atoms with E-state index in [0.29, 0.717) is 6.07 Å².